The Morgan fingerprint density at radius 1 is 1.04 bits per heavy atom. The van der Waals surface area contributed by atoms with Gasteiger partial charge < -0.3 is 16.0 Å². The molecule has 0 unspecified atom stereocenters. The lowest BCUT2D eigenvalue weighted by atomic mass is 10.0. The molecule has 0 radical (unpaired) electrons. The Hall–Kier alpha value is -2.86. The van der Waals surface area contributed by atoms with Gasteiger partial charge in [-0.15, -0.1) is 0 Å². The zero-order valence-corrected chi connectivity index (χ0v) is 16.5. The van der Waals surface area contributed by atoms with Crippen molar-refractivity contribution in [2.45, 2.75) is 26.3 Å². The molecule has 2 aromatic carbocycles. The van der Waals surface area contributed by atoms with Crippen LogP contribution >= 0.6 is 0 Å². The maximum absolute atomic E-state index is 12.8. The van der Waals surface area contributed by atoms with Crippen LogP contribution in [0.15, 0.2) is 48.5 Å². The maximum Gasteiger partial charge on any atom is 0.316 e. The number of nitrogens with one attached hydrogen (secondary N) is 1. The fraction of sp³-hybridized carbons (Fsp3) is 0.364. The maximum atomic E-state index is 12.8. The van der Waals surface area contributed by atoms with E-state index < -0.39 is 6.03 Å². The van der Waals surface area contributed by atoms with E-state index >= 15 is 0 Å². The molecule has 0 aliphatic carbocycles. The Balaban J connectivity index is 1.54. The topological polar surface area (TPSA) is 78.7 Å². The Bertz CT molecular complexity index is 825. The molecule has 3 rings (SSSR count). The highest BCUT2D eigenvalue weighted by molar-refractivity contribution is 5.96. The van der Waals surface area contributed by atoms with Crippen LogP contribution in [0.5, 0.6) is 0 Å². The quantitative estimate of drug-likeness (QED) is 0.836. The van der Waals surface area contributed by atoms with Crippen molar-refractivity contribution < 1.29 is 9.59 Å². The third-order valence-corrected chi connectivity index (χ3v) is 5.09. The van der Waals surface area contributed by atoms with Crippen molar-refractivity contribution in [1.82, 2.24) is 9.80 Å². The molecule has 1 fully saturated rings. The number of hydrogen-bond acceptors (Lipinski definition) is 3. The summed E-state index contributed by atoms with van der Waals surface area (Å²) < 4.78 is 0. The molecule has 0 atom stereocenters. The minimum Gasteiger partial charge on any atom is -0.351 e. The van der Waals surface area contributed by atoms with E-state index in [2.05, 4.69) is 48.3 Å². The van der Waals surface area contributed by atoms with Gasteiger partial charge in [-0.1, -0.05) is 44.2 Å². The summed E-state index contributed by atoms with van der Waals surface area (Å²) in [6.07, 6.45) is 0. The molecule has 1 aliphatic rings. The lowest BCUT2D eigenvalue weighted by molar-refractivity contribution is 0.0628. The molecule has 3 amide bonds. The number of urea groups is 1. The van der Waals surface area contributed by atoms with Crippen molar-refractivity contribution in [3.05, 3.63) is 65.2 Å². The van der Waals surface area contributed by atoms with E-state index in [4.69, 9.17) is 5.73 Å². The number of anilines is 1. The van der Waals surface area contributed by atoms with Crippen LogP contribution in [0.3, 0.4) is 0 Å². The van der Waals surface area contributed by atoms with Gasteiger partial charge in [-0.05, 0) is 35.2 Å². The molecule has 0 spiro atoms. The third kappa shape index (κ3) is 5.10. The lowest BCUT2D eigenvalue weighted by Gasteiger charge is -2.35. The highest BCUT2D eigenvalue weighted by Crippen LogP contribution is 2.17. The van der Waals surface area contributed by atoms with Gasteiger partial charge in [0.1, 0.15) is 0 Å². The zero-order chi connectivity index (χ0) is 20.1. The summed E-state index contributed by atoms with van der Waals surface area (Å²) in [6.45, 7) is 8.37. The van der Waals surface area contributed by atoms with Crippen molar-refractivity contribution in [2.24, 2.45) is 5.73 Å². The predicted octanol–water partition coefficient (Wildman–Crippen LogP) is 3.26. The third-order valence-electron chi connectivity index (χ3n) is 5.09. The SMILES string of the molecule is CC(C)c1ccc(CN2CCN(C(=O)c3cccc(NC(N)=O)c3)CC2)cc1. The molecule has 0 bridgehead atoms. The van der Waals surface area contributed by atoms with E-state index in [1.54, 1.807) is 24.3 Å². The second-order valence-corrected chi connectivity index (χ2v) is 7.53. The highest BCUT2D eigenvalue weighted by Gasteiger charge is 2.22. The summed E-state index contributed by atoms with van der Waals surface area (Å²) in [7, 11) is 0. The Kier molecular flexibility index (Phi) is 6.31. The van der Waals surface area contributed by atoms with Crippen LogP contribution in [0.25, 0.3) is 0 Å². The number of rotatable bonds is 5. The minimum absolute atomic E-state index is 0.0194. The number of amides is 3. The molecular weight excluding hydrogens is 352 g/mol. The van der Waals surface area contributed by atoms with Gasteiger partial charge in [-0.3, -0.25) is 9.69 Å². The molecule has 1 saturated heterocycles. The second kappa shape index (κ2) is 8.89. The number of hydrogen-bond donors (Lipinski definition) is 2. The van der Waals surface area contributed by atoms with Gasteiger partial charge in [0.2, 0.25) is 0 Å². The number of carbonyl (C=O) groups is 2. The van der Waals surface area contributed by atoms with Gasteiger partial charge in [-0.25, -0.2) is 4.79 Å². The lowest BCUT2D eigenvalue weighted by Crippen LogP contribution is -2.48. The van der Waals surface area contributed by atoms with Crippen LogP contribution in [-0.4, -0.2) is 47.9 Å². The van der Waals surface area contributed by atoms with Crippen molar-refractivity contribution in [3.63, 3.8) is 0 Å². The number of nitrogens with two attached hydrogens (primary N) is 1. The summed E-state index contributed by atoms with van der Waals surface area (Å²) in [5.74, 6) is 0.523. The van der Waals surface area contributed by atoms with Gasteiger partial charge in [0.05, 0.1) is 0 Å². The zero-order valence-electron chi connectivity index (χ0n) is 16.5. The fourth-order valence-corrected chi connectivity index (χ4v) is 3.43. The van der Waals surface area contributed by atoms with Crippen molar-refractivity contribution in [3.8, 4) is 0 Å². The van der Waals surface area contributed by atoms with Crippen LogP contribution in [0.1, 0.15) is 41.3 Å². The molecule has 6 nitrogen and oxygen atoms in total. The standard InChI is InChI=1S/C22H28N4O2/c1-16(2)18-8-6-17(7-9-18)15-25-10-12-26(13-11-25)21(27)19-4-3-5-20(14-19)24-22(23)28/h3-9,14,16H,10-13,15H2,1-2H3,(H3,23,24,28). The largest absolute Gasteiger partial charge is 0.351 e. The molecule has 2 aromatic rings. The van der Waals surface area contributed by atoms with E-state index in [0.29, 0.717) is 30.3 Å². The summed E-state index contributed by atoms with van der Waals surface area (Å²) in [5.41, 5.74) is 8.89. The molecule has 1 aliphatic heterocycles. The van der Waals surface area contributed by atoms with Gasteiger partial charge in [0, 0.05) is 44.0 Å². The molecule has 0 saturated carbocycles. The summed E-state index contributed by atoms with van der Waals surface area (Å²) in [6, 6.07) is 15.0. The number of primary amides is 1. The van der Waals surface area contributed by atoms with E-state index in [0.717, 1.165) is 19.6 Å². The van der Waals surface area contributed by atoms with Crippen molar-refractivity contribution >= 4 is 17.6 Å². The Labute approximate surface area is 166 Å². The molecule has 6 heteroatoms. The first-order chi connectivity index (χ1) is 13.4. The molecule has 1 heterocycles. The van der Waals surface area contributed by atoms with Crippen LogP contribution in [-0.2, 0) is 6.54 Å². The van der Waals surface area contributed by atoms with Gasteiger partial charge in [0.15, 0.2) is 0 Å². The van der Waals surface area contributed by atoms with Crippen molar-refractivity contribution in [2.75, 3.05) is 31.5 Å². The predicted molar refractivity (Wildman–Crippen MR) is 111 cm³/mol. The first-order valence-corrected chi connectivity index (χ1v) is 9.69. The summed E-state index contributed by atoms with van der Waals surface area (Å²) in [4.78, 5) is 28.0. The normalized spacial score (nSPS) is 14.9. The van der Waals surface area contributed by atoms with Crippen LogP contribution in [0, 0.1) is 0 Å². The van der Waals surface area contributed by atoms with E-state index in [1.165, 1.54) is 11.1 Å². The highest BCUT2D eigenvalue weighted by atomic mass is 16.2. The average molecular weight is 380 g/mol. The van der Waals surface area contributed by atoms with Gasteiger partial charge in [0.25, 0.3) is 5.91 Å². The Morgan fingerprint density at radius 2 is 1.71 bits per heavy atom. The second-order valence-electron chi connectivity index (χ2n) is 7.53. The van der Waals surface area contributed by atoms with Gasteiger partial charge >= 0.3 is 6.03 Å². The number of benzene rings is 2. The summed E-state index contributed by atoms with van der Waals surface area (Å²) in [5, 5.41) is 2.51. The Morgan fingerprint density at radius 3 is 2.32 bits per heavy atom. The first-order valence-electron chi connectivity index (χ1n) is 9.69. The van der Waals surface area contributed by atoms with Gasteiger partial charge in [-0.2, -0.15) is 0 Å². The van der Waals surface area contributed by atoms with E-state index in [1.807, 2.05) is 4.90 Å². The molecule has 148 valence electrons. The summed E-state index contributed by atoms with van der Waals surface area (Å²) >= 11 is 0. The monoisotopic (exact) mass is 380 g/mol. The van der Waals surface area contributed by atoms with Crippen LogP contribution < -0.4 is 11.1 Å². The number of carbonyl (C=O) groups excluding carboxylic acids is 2. The van der Waals surface area contributed by atoms with E-state index in [9.17, 15) is 9.59 Å². The molecule has 3 N–H and O–H groups in total. The van der Waals surface area contributed by atoms with E-state index in [-0.39, 0.29) is 5.91 Å². The first kappa shape index (κ1) is 19.9. The van der Waals surface area contributed by atoms with Crippen molar-refractivity contribution in [1.29, 1.82) is 0 Å². The average Bonchev–Trinajstić information content (AvgIpc) is 2.68. The fourth-order valence-electron chi connectivity index (χ4n) is 3.43. The molecular formula is C22H28N4O2. The van der Waals surface area contributed by atoms with Crippen LogP contribution in [0.2, 0.25) is 0 Å². The molecule has 28 heavy (non-hydrogen) atoms. The van der Waals surface area contributed by atoms with Crippen LogP contribution in [0.4, 0.5) is 10.5 Å². The minimum atomic E-state index is -0.639. The smallest absolute Gasteiger partial charge is 0.316 e. The molecule has 0 aromatic heterocycles. The number of nitrogens with zero attached hydrogens (tertiary/aromatic N) is 2. The number of piperazine rings is 1.